The Hall–Kier alpha value is -0.570. The van der Waals surface area contributed by atoms with Crippen molar-refractivity contribution in [1.82, 2.24) is 4.57 Å². The zero-order valence-electron chi connectivity index (χ0n) is 8.79. The van der Waals surface area contributed by atoms with Crippen molar-refractivity contribution in [3.63, 3.8) is 0 Å². The van der Waals surface area contributed by atoms with Gasteiger partial charge in [-0.3, -0.25) is 4.79 Å². The molecule has 0 bridgehead atoms. The molecule has 0 unspecified atom stereocenters. The molecule has 1 aromatic rings. The first kappa shape index (κ1) is 10.9. The highest BCUT2D eigenvalue weighted by Gasteiger charge is 2.16. The Kier molecular flexibility index (Phi) is 3.62. The Morgan fingerprint density at radius 1 is 1.33 bits per heavy atom. The molecule has 1 heterocycles. The lowest BCUT2D eigenvalue weighted by Crippen LogP contribution is -2.27. The molecule has 82 valence electrons. The summed E-state index contributed by atoms with van der Waals surface area (Å²) in [6.45, 7) is 0. The minimum Gasteiger partial charge on any atom is -0.312 e. The van der Waals surface area contributed by atoms with Crippen LogP contribution in [0.5, 0.6) is 0 Å². The lowest BCUT2D eigenvalue weighted by Gasteiger charge is -2.24. The Labute approximate surface area is 98.4 Å². The number of nitrogens with zero attached hydrogens (tertiary/aromatic N) is 1. The number of hydrogen-bond donors (Lipinski definition) is 0. The molecule has 0 aromatic carbocycles. The van der Waals surface area contributed by atoms with Crippen LogP contribution in [0.15, 0.2) is 23.1 Å². The molecule has 1 aliphatic rings. The molecular formula is C12H16BrNO. The highest BCUT2D eigenvalue weighted by atomic mass is 79.9. The van der Waals surface area contributed by atoms with Crippen molar-refractivity contribution in [1.29, 1.82) is 0 Å². The maximum absolute atomic E-state index is 12.0. The average Bonchev–Trinajstić information content (AvgIpc) is 2.30. The highest BCUT2D eigenvalue weighted by molar-refractivity contribution is 9.08. The highest BCUT2D eigenvalue weighted by Crippen LogP contribution is 2.26. The Morgan fingerprint density at radius 3 is 2.73 bits per heavy atom. The quantitative estimate of drug-likeness (QED) is 0.756. The van der Waals surface area contributed by atoms with E-state index in [1.165, 1.54) is 19.3 Å². The molecule has 1 fully saturated rings. The number of aromatic nitrogens is 1. The summed E-state index contributed by atoms with van der Waals surface area (Å²) in [4.78, 5) is 12.0. The lowest BCUT2D eigenvalue weighted by molar-refractivity contribution is 0.345. The molecule has 1 aromatic heterocycles. The normalized spacial score (nSPS) is 17.9. The molecule has 0 saturated heterocycles. The molecule has 0 N–H and O–H groups in total. The van der Waals surface area contributed by atoms with Gasteiger partial charge in [-0.2, -0.15) is 0 Å². The van der Waals surface area contributed by atoms with Gasteiger partial charge in [-0.25, -0.2) is 0 Å². The average molecular weight is 270 g/mol. The first-order chi connectivity index (χ1) is 7.33. The number of alkyl halides is 1. The molecule has 2 nitrogen and oxygen atoms in total. The Morgan fingerprint density at radius 2 is 2.07 bits per heavy atom. The molecule has 0 atom stereocenters. The summed E-state index contributed by atoms with van der Waals surface area (Å²) < 4.78 is 1.93. The van der Waals surface area contributed by atoms with E-state index in [0.29, 0.717) is 11.4 Å². The zero-order chi connectivity index (χ0) is 10.7. The van der Waals surface area contributed by atoms with Gasteiger partial charge in [0.1, 0.15) is 0 Å². The molecule has 0 aliphatic heterocycles. The minimum atomic E-state index is 0.182. The van der Waals surface area contributed by atoms with E-state index < -0.39 is 0 Å². The van der Waals surface area contributed by atoms with Crippen LogP contribution in [-0.4, -0.2) is 4.57 Å². The smallest absolute Gasteiger partial charge is 0.254 e. The van der Waals surface area contributed by atoms with E-state index in [2.05, 4.69) is 15.9 Å². The summed E-state index contributed by atoms with van der Waals surface area (Å²) in [5, 5.41) is 0.652. The van der Waals surface area contributed by atoms with Gasteiger partial charge >= 0.3 is 0 Å². The third-order valence-electron chi connectivity index (χ3n) is 3.17. The third kappa shape index (κ3) is 2.33. The van der Waals surface area contributed by atoms with Crippen LogP contribution in [-0.2, 0) is 5.33 Å². The van der Waals surface area contributed by atoms with Crippen molar-refractivity contribution in [3.05, 3.63) is 34.2 Å². The fourth-order valence-corrected chi connectivity index (χ4v) is 2.73. The fourth-order valence-electron chi connectivity index (χ4n) is 2.31. The summed E-state index contributed by atoms with van der Waals surface area (Å²) in [5.41, 5.74) is 1.05. The Bertz CT molecular complexity index is 379. The molecule has 1 saturated carbocycles. The van der Waals surface area contributed by atoms with Crippen LogP contribution in [0.3, 0.4) is 0 Å². The molecule has 0 amide bonds. The lowest BCUT2D eigenvalue weighted by atomic mass is 9.95. The monoisotopic (exact) mass is 269 g/mol. The predicted molar refractivity (Wildman–Crippen MR) is 65.5 cm³/mol. The molecule has 15 heavy (non-hydrogen) atoms. The zero-order valence-corrected chi connectivity index (χ0v) is 10.4. The van der Waals surface area contributed by atoms with Crippen molar-refractivity contribution < 1.29 is 0 Å². The SMILES string of the molecule is O=c1c(CBr)cccn1C1CCCCC1. The van der Waals surface area contributed by atoms with Crippen LogP contribution in [0.25, 0.3) is 0 Å². The maximum Gasteiger partial charge on any atom is 0.254 e. The van der Waals surface area contributed by atoms with Gasteiger partial charge in [0.25, 0.3) is 5.56 Å². The predicted octanol–water partition coefficient (Wildman–Crippen LogP) is 3.25. The summed E-state index contributed by atoms with van der Waals surface area (Å²) in [7, 11) is 0. The van der Waals surface area contributed by atoms with Gasteiger partial charge in [0.2, 0.25) is 0 Å². The van der Waals surface area contributed by atoms with E-state index in [1.807, 2.05) is 22.9 Å². The van der Waals surface area contributed by atoms with Gasteiger partial charge in [0.15, 0.2) is 0 Å². The van der Waals surface area contributed by atoms with Gasteiger partial charge in [-0.05, 0) is 18.9 Å². The van der Waals surface area contributed by atoms with E-state index in [9.17, 15) is 4.79 Å². The topological polar surface area (TPSA) is 22.0 Å². The molecule has 0 radical (unpaired) electrons. The van der Waals surface area contributed by atoms with Crippen molar-refractivity contribution >= 4 is 15.9 Å². The summed E-state index contributed by atoms with van der Waals surface area (Å²) in [6, 6.07) is 4.31. The second-order valence-corrected chi connectivity index (χ2v) is 4.73. The first-order valence-corrected chi connectivity index (χ1v) is 6.71. The van der Waals surface area contributed by atoms with Gasteiger partial charge in [0, 0.05) is 23.1 Å². The van der Waals surface area contributed by atoms with Gasteiger partial charge in [-0.15, -0.1) is 0 Å². The van der Waals surface area contributed by atoms with Crippen molar-refractivity contribution in [3.8, 4) is 0 Å². The number of pyridine rings is 1. The molecule has 0 spiro atoms. The molecule has 2 rings (SSSR count). The third-order valence-corrected chi connectivity index (χ3v) is 3.77. The molecular weight excluding hydrogens is 254 g/mol. The first-order valence-electron chi connectivity index (χ1n) is 5.59. The standard InChI is InChI=1S/C12H16BrNO/c13-9-10-5-4-8-14(12(10)15)11-6-2-1-3-7-11/h4-5,8,11H,1-3,6-7,9H2. The van der Waals surface area contributed by atoms with Gasteiger partial charge in [0.05, 0.1) is 0 Å². The number of rotatable bonds is 2. The van der Waals surface area contributed by atoms with Crippen molar-refractivity contribution in [2.45, 2.75) is 43.5 Å². The van der Waals surface area contributed by atoms with Crippen LogP contribution in [0.2, 0.25) is 0 Å². The Balaban J connectivity index is 2.30. The van der Waals surface area contributed by atoms with E-state index in [4.69, 9.17) is 0 Å². The van der Waals surface area contributed by atoms with E-state index in [-0.39, 0.29) is 5.56 Å². The number of hydrogen-bond acceptors (Lipinski definition) is 1. The summed E-state index contributed by atoms with van der Waals surface area (Å²) >= 11 is 3.35. The van der Waals surface area contributed by atoms with Crippen molar-refractivity contribution in [2.24, 2.45) is 0 Å². The van der Waals surface area contributed by atoms with Crippen LogP contribution >= 0.6 is 15.9 Å². The summed E-state index contributed by atoms with van der Waals surface area (Å²) in [5.74, 6) is 0. The van der Waals surface area contributed by atoms with Crippen LogP contribution in [0.1, 0.15) is 43.7 Å². The van der Waals surface area contributed by atoms with Gasteiger partial charge in [-0.1, -0.05) is 41.3 Å². The van der Waals surface area contributed by atoms with Gasteiger partial charge < -0.3 is 4.57 Å². The van der Waals surface area contributed by atoms with E-state index in [0.717, 1.165) is 18.4 Å². The van der Waals surface area contributed by atoms with Crippen LogP contribution < -0.4 is 5.56 Å². The van der Waals surface area contributed by atoms with Crippen LogP contribution in [0.4, 0.5) is 0 Å². The molecule has 1 aliphatic carbocycles. The fraction of sp³-hybridized carbons (Fsp3) is 0.583. The van der Waals surface area contributed by atoms with E-state index >= 15 is 0 Å². The maximum atomic E-state index is 12.0. The van der Waals surface area contributed by atoms with E-state index in [1.54, 1.807) is 0 Å². The summed E-state index contributed by atoms with van der Waals surface area (Å²) in [6.07, 6.45) is 8.09. The second-order valence-electron chi connectivity index (χ2n) is 4.17. The second kappa shape index (κ2) is 4.97. The number of halogens is 1. The largest absolute Gasteiger partial charge is 0.312 e. The molecule has 3 heteroatoms. The van der Waals surface area contributed by atoms with Crippen molar-refractivity contribution in [2.75, 3.05) is 0 Å². The minimum absolute atomic E-state index is 0.182. The van der Waals surface area contributed by atoms with Crippen LogP contribution in [0, 0.1) is 0 Å².